The van der Waals surface area contributed by atoms with Gasteiger partial charge in [-0.15, -0.1) is 0 Å². The van der Waals surface area contributed by atoms with Crippen molar-refractivity contribution in [2.24, 2.45) is 0 Å². The summed E-state index contributed by atoms with van der Waals surface area (Å²) in [6, 6.07) is 13.9. The minimum atomic E-state index is -1.02. The van der Waals surface area contributed by atoms with Gasteiger partial charge in [-0.1, -0.05) is 43.6 Å². The average molecular weight is 401 g/mol. The van der Waals surface area contributed by atoms with Gasteiger partial charge in [-0.25, -0.2) is 4.79 Å². The number of amides is 1. The minimum absolute atomic E-state index is 0.224. The number of hydrogen-bond acceptors (Lipinski definition) is 5. The molecule has 6 nitrogen and oxygen atoms in total. The predicted octanol–water partition coefficient (Wildman–Crippen LogP) is 4.28. The van der Waals surface area contributed by atoms with Crippen molar-refractivity contribution in [2.75, 3.05) is 11.9 Å². The molecule has 0 spiro atoms. The molecule has 0 saturated carbocycles. The lowest BCUT2D eigenvalue weighted by molar-refractivity contribution is -0.155. The molecule has 146 valence electrons. The Balaban J connectivity index is 1.89. The number of nitrogens with zero attached hydrogens (tertiary/aromatic N) is 1. The summed E-state index contributed by atoms with van der Waals surface area (Å²) in [5.41, 5.74) is 1.69. The fourth-order valence-electron chi connectivity index (χ4n) is 2.44. The number of halogens is 1. The monoisotopic (exact) mass is 400 g/mol. The zero-order valence-corrected chi connectivity index (χ0v) is 16.6. The number of esters is 1. The summed E-state index contributed by atoms with van der Waals surface area (Å²) in [6.07, 6.45) is -1.02. The molecule has 1 amide bonds. The number of benzene rings is 2. The largest absolute Gasteiger partial charge is 0.482 e. The molecule has 0 aliphatic carbocycles. The Labute approximate surface area is 169 Å². The number of carbonyl (C=O) groups is 2. The van der Waals surface area contributed by atoms with Crippen LogP contribution in [0.5, 0.6) is 5.75 Å². The van der Waals surface area contributed by atoms with Crippen LogP contribution in [0.3, 0.4) is 0 Å². The Morgan fingerprint density at radius 2 is 1.89 bits per heavy atom. The Hall–Kier alpha value is -3.04. The lowest BCUT2D eigenvalue weighted by atomic mass is 10.0. The molecule has 0 bridgehead atoms. The number of ether oxygens (including phenoxy) is 2. The van der Waals surface area contributed by atoms with Gasteiger partial charge in [0.05, 0.1) is 10.6 Å². The van der Waals surface area contributed by atoms with Gasteiger partial charge in [-0.05, 0) is 42.7 Å². The fourth-order valence-corrected chi connectivity index (χ4v) is 2.66. The van der Waals surface area contributed by atoms with E-state index < -0.39 is 18.0 Å². The summed E-state index contributed by atoms with van der Waals surface area (Å²) in [5, 5.41) is 11.7. The molecule has 0 fully saturated rings. The van der Waals surface area contributed by atoms with E-state index in [4.69, 9.17) is 26.3 Å². The smallest absolute Gasteiger partial charge is 0.344 e. The average Bonchev–Trinajstić information content (AvgIpc) is 2.66. The van der Waals surface area contributed by atoms with E-state index in [2.05, 4.69) is 5.32 Å². The molecule has 1 atom stereocenters. The maximum atomic E-state index is 12.2. The second kappa shape index (κ2) is 9.77. The van der Waals surface area contributed by atoms with Gasteiger partial charge in [0.1, 0.15) is 11.8 Å². The Bertz CT molecular complexity index is 906. The van der Waals surface area contributed by atoms with Crippen LogP contribution in [-0.2, 0) is 14.3 Å². The number of hydrogen-bond donors (Lipinski definition) is 1. The van der Waals surface area contributed by atoms with Crippen LogP contribution in [0.25, 0.3) is 0 Å². The van der Waals surface area contributed by atoms with Crippen LogP contribution in [0.2, 0.25) is 5.02 Å². The van der Waals surface area contributed by atoms with Gasteiger partial charge in [-0.2, -0.15) is 5.26 Å². The lowest BCUT2D eigenvalue weighted by Gasteiger charge is -2.16. The van der Waals surface area contributed by atoms with Gasteiger partial charge in [0, 0.05) is 5.69 Å². The number of para-hydroxylation sites is 1. The third-order valence-electron chi connectivity index (χ3n) is 3.92. The zero-order chi connectivity index (χ0) is 20.7. The summed E-state index contributed by atoms with van der Waals surface area (Å²) >= 11 is 5.94. The molecule has 0 aliphatic rings. The number of anilines is 1. The first-order valence-corrected chi connectivity index (χ1v) is 9.11. The molecular formula is C21H21ClN2O4. The second-order valence-corrected chi connectivity index (χ2v) is 6.82. The molecule has 0 heterocycles. The van der Waals surface area contributed by atoms with E-state index in [1.807, 2.05) is 38.1 Å². The van der Waals surface area contributed by atoms with Crippen molar-refractivity contribution in [3.63, 3.8) is 0 Å². The normalized spacial score (nSPS) is 11.4. The van der Waals surface area contributed by atoms with Crippen LogP contribution in [0, 0.1) is 11.3 Å². The highest BCUT2D eigenvalue weighted by atomic mass is 35.5. The predicted molar refractivity (Wildman–Crippen MR) is 106 cm³/mol. The van der Waals surface area contributed by atoms with Gasteiger partial charge >= 0.3 is 5.97 Å². The van der Waals surface area contributed by atoms with Crippen LogP contribution in [-0.4, -0.2) is 24.6 Å². The van der Waals surface area contributed by atoms with Gasteiger partial charge in [0.25, 0.3) is 5.91 Å². The Morgan fingerprint density at radius 3 is 2.54 bits per heavy atom. The molecule has 0 radical (unpaired) electrons. The van der Waals surface area contributed by atoms with Crippen LogP contribution >= 0.6 is 11.6 Å². The molecule has 2 aromatic carbocycles. The Kier molecular flexibility index (Phi) is 7.42. The molecule has 0 saturated heterocycles. The van der Waals surface area contributed by atoms with E-state index in [9.17, 15) is 9.59 Å². The van der Waals surface area contributed by atoms with E-state index in [0.29, 0.717) is 17.0 Å². The molecule has 1 N–H and O–H groups in total. The van der Waals surface area contributed by atoms with Crippen molar-refractivity contribution in [3.05, 3.63) is 58.6 Å². The van der Waals surface area contributed by atoms with E-state index in [1.54, 1.807) is 12.1 Å². The minimum Gasteiger partial charge on any atom is -0.482 e. The van der Waals surface area contributed by atoms with Crippen LogP contribution in [0.15, 0.2) is 42.5 Å². The zero-order valence-electron chi connectivity index (χ0n) is 15.9. The summed E-state index contributed by atoms with van der Waals surface area (Å²) in [7, 11) is 0. The number of nitrogens with one attached hydrogen (secondary N) is 1. The van der Waals surface area contributed by atoms with E-state index in [-0.39, 0.29) is 17.5 Å². The quantitative estimate of drug-likeness (QED) is 0.700. The van der Waals surface area contributed by atoms with Gasteiger partial charge in [-0.3, -0.25) is 4.79 Å². The molecule has 28 heavy (non-hydrogen) atoms. The highest BCUT2D eigenvalue weighted by molar-refractivity contribution is 6.32. The maximum absolute atomic E-state index is 12.2. The van der Waals surface area contributed by atoms with Gasteiger partial charge < -0.3 is 14.8 Å². The summed E-state index contributed by atoms with van der Waals surface area (Å²) in [4.78, 5) is 24.2. The Morgan fingerprint density at radius 1 is 1.18 bits per heavy atom. The third-order valence-corrected chi connectivity index (χ3v) is 4.23. The van der Waals surface area contributed by atoms with E-state index in [1.165, 1.54) is 19.1 Å². The highest BCUT2D eigenvalue weighted by Gasteiger charge is 2.19. The lowest BCUT2D eigenvalue weighted by Crippen LogP contribution is -2.31. The SMILES string of the molecule is CC(C)c1ccccc1OCC(=O)O[C@@H](C)C(=O)Nc1ccc(C#N)c(Cl)c1. The van der Waals surface area contributed by atoms with Crippen molar-refractivity contribution in [1.29, 1.82) is 5.26 Å². The van der Waals surface area contributed by atoms with Crippen molar-refractivity contribution >= 4 is 29.2 Å². The van der Waals surface area contributed by atoms with Gasteiger partial charge in [0.15, 0.2) is 12.7 Å². The molecule has 7 heteroatoms. The fraction of sp³-hybridized carbons (Fsp3) is 0.286. The van der Waals surface area contributed by atoms with E-state index >= 15 is 0 Å². The number of rotatable bonds is 7. The van der Waals surface area contributed by atoms with E-state index in [0.717, 1.165) is 5.56 Å². The molecule has 2 rings (SSSR count). The van der Waals surface area contributed by atoms with Crippen molar-refractivity contribution in [2.45, 2.75) is 32.8 Å². The van der Waals surface area contributed by atoms with Crippen molar-refractivity contribution in [3.8, 4) is 11.8 Å². The first-order valence-electron chi connectivity index (χ1n) is 8.73. The first kappa shape index (κ1) is 21.3. The second-order valence-electron chi connectivity index (χ2n) is 6.41. The number of carbonyl (C=O) groups excluding carboxylic acids is 2. The summed E-state index contributed by atoms with van der Waals surface area (Å²) in [5.74, 6) is -0.314. The summed E-state index contributed by atoms with van der Waals surface area (Å²) < 4.78 is 10.7. The van der Waals surface area contributed by atoms with Crippen LogP contribution in [0.4, 0.5) is 5.69 Å². The van der Waals surface area contributed by atoms with Crippen LogP contribution in [0.1, 0.15) is 37.8 Å². The number of nitriles is 1. The molecular weight excluding hydrogens is 380 g/mol. The maximum Gasteiger partial charge on any atom is 0.344 e. The molecule has 0 aromatic heterocycles. The van der Waals surface area contributed by atoms with Crippen LogP contribution < -0.4 is 10.1 Å². The first-order chi connectivity index (χ1) is 13.3. The molecule has 0 aliphatic heterocycles. The third kappa shape index (κ3) is 5.73. The topological polar surface area (TPSA) is 88.4 Å². The summed E-state index contributed by atoms with van der Waals surface area (Å²) in [6.45, 7) is 5.22. The highest BCUT2D eigenvalue weighted by Crippen LogP contribution is 2.25. The van der Waals surface area contributed by atoms with Gasteiger partial charge in [0.2, 0.25) is 0 Å². The molecule has 0 unspecified atom stereocenters. The standard InChI is InChI=1S/C21H21ClN2O4/c1-13(2)17-6-4-5-7-19(17)27-12-20(25)28-14(3)21(26)24-16-9-8-15(11-23)18(22)10-16/h4-10,13-14H,12H2,1-3H3,(H,24,26)/t14-/m0/s1. The van der Waals surface area contributed by atoms with Crippen molar-refractivity contribution < 1.29 is 19.1 Å². The van der Waals surface area contributed by atoms with Crippen molar-refractivity contribution in [1.82, 2.24) is 0 Å². The molecule has 2 aromatic rings.